The van der Waals surface area contributed by atoms with E-state index in [-0.39, 0.29) is 18.0 Å². The van der Waals surface area contributed by atoms with E-state index in [1.807, 2.05) is 0 Å². The molecule has 0 unspecified atom stereocenters. The van der Waals surface area contributed by atoms with Crippen LogP contribution in [-0.2, 0) is 9.53 Å². The number of hydrogen-bond acceptors (Lipinski definition) is 8. The second-order valence-electron chi connectivity index (χ2n) is 5.49. The van der Waals surface area contributed by atoms with Crippen LogP contribution in [0.2, 0.25) is 0 Å². The summed E-state index contributed by atoms with van der Waals surface area (Å²) in [5.41, 5.74) is -1.60. The fourth-order valence-electron chi connectivity index (χ4n) is 2.34. The Hall–Kier alpha value is -3.24. The largest absolute Gasteiger partial charge is 0.514 e. The summed E-state index contributed by atoms with van der Waals surface area (Å²) in [7, 11) is 0. The number of ether oxygens (including phenoxy) is 2. The zero-order valence-electron chi connectivity index (χ0n) is 13.5. The lowest BCUT2D eigenvalue weighted by molar-refractivity contribution is -0.395. The molecule has 1 fully saturated rings. The van der Waals surface area contributed by atoms with Crippen molar-refractivity contribution in [3.8, 4) is 5.75 Å². The summed E-state index contributed by atoms with van der Waals surface area (Å²) < 4.78 is 9.41. The number of rotatable bonds is 5. The van der Waals surface area contributed by atoms with Crippen LogP contribution in [0.1, 0.15) is 26.7 Å². The first-order valence-corrected chi connectivity index (χ1v) is 7.36. The topological polar surface area (TPSA) is 142 Å². The zero-order chi connectivity index (χ0) is 18.7. The van der Waals surface area contributed by atoms with Crippen LogP contribution in [-0.4, -0.2) is 34.6 Å². The average Bonchev–Trinajstić information content (AvgIpc) is 2.92. The van der Waals surface area contributed by atoms with Crippen LogP contribution in [0.5, 0.6) is 5.75 Å². The van der Waals surface area contributed by atoms with Crippen molar-refractivity contribution in [1.82, 2.24) is 0 Å². The minimum atomic E-state index is -1.30. The third-order valence-corrected chi connectivity index (χ3v) is 3.33. The Labute approximate surface area is 141 Å². The van der Waals surface area contributed by atoms with Gasteiger partial charge in [0, 0.05) is 25.1 Å². The number of nitro groups is 2. The Bertz CT molecular complexity index is 711. The van der Waals surface area contributed by atoms with E-state index in [2.05, 4.69) is 0 Å². The van der Waals surface area contributed by atoms with Gasteiger partial charge < -0.3 is 14.4 Å². The van der Waals surface area contributed by atoms with Crippen LogP contribution in [0.4, 0.5) is 21.9 Å². The zero-order valence-corrected chi connectivity index (χ0v) is 13.5. The van der Waals surface area contributed by atoms with E-state index >= 15 is 0 Å². The van der Waals surface area contributed by atoms with Gasteiger partial charge in [-0.15, -0.1) is 0 Å². The average molecular weight is 353 g/mol. The molecule has 1 aliphatic heterocycles. The molecule has 1 saturated heterocycles. The standard InChI is InChI=1S/C14H15N3O8/c1-8(2)24-14(19)25-13-10(16(20)21)6-9(7-11(13)17(22)23)15-5-3-4-12(15)18/h6-8H,3-5H2,1-2H3. The van der Waals surface area contributed by atoms with Crippen LogP contribution in [0.3, 0.4) is 0 Å². The molecule has 1 heterocycles. The molecule has 11 heteroatoms. The fourth-order valence-corrected chi connectivity index (χ4v) is 2.34. The molecule has 0 spiro atoms. The molecule has 1 aromatic carbocycles. The quantitative estimate of drug-likeness (QED) is 0.340. The van der Waals surface area contributed by atoms with Gasteiger partial charge in [0.15, 0.2) is 0 Å². The SMILES string of the molecule is CC(C)OC(=O)Oc1c([N+](=O)[O-])cc(N2CCCC2=O)cc1[N+](=O)[O-]. The highest BCUT2D eigenvalue weighted by Crippen LogP contribution is 2.41. The number of anilines is 1. The summed E-state index contributed by atoms with van der Waals surface area (Å²) >= 11 is 0. The molecule has 1 aromatic rings. The van der Waals surface area contributed by atoms with E-state index in [4.69, 9.17) is 9.47 Å². The highest BCUT2D eigenvalue weighted by atomic mass is 16.7. The van der Waals surface area contributed by atoms with Crippen molar-refractivity contribution >= 4 is 29.1 Å². The molecule has 0 aromatic heterocycles. The third-order valence-electron chi connectivity index (χ3n) is 3.33. The van der Waals surface area contributed by atoms with Crippen molar-refractivity contribution < 1.29 is 28.9 Å². The number of nitrogens with zero attached hydrogens (tertiary/aromatic N) is 3. The molecule has 2 rings (SSSR count). The van der Waals surface area contributed by atoms with Crippen LogP contribution in [0.15, 0.2) is 12.1 Å². The number of carbonyl (C=O) groups excluding carboxylic acids is 2. The minimum absolute atomic E-state index is 0.00507. The van der Waals surface area contributed by atoms with Gasteiger partial charge in [0.2, 0.25) is 5.91 Å². The van der Waals surface area contributed by atoms with Crippen molar-refractivity contribution in [1.29, 1.82) is 0 Å². The highest BCUT2D eigenvalue weighted by molar-refractivity contribution is 5.96. The molecule has 25 heavy (non-hydrogen) atoms. The molecule has 0 aliphatic carbocycles. The van der Waals surface area contributed by atoms with E-state index in [9.17, 15) is 29.8 Å². The Balaban J connectivity index is 2.53. The van der Waals surface area contributed by atoms with Gasteiger partial charge in [0.25, 0.3) is 5.75 Å². The van der Waals surface area contributed by atoms with Gasteiger partial charge in [0.05, 0.1) is 21.6 Å². The lowest BCUT2D eigenvalue weighted by Gasteiger charge is -2.16. The summed E-state index contributed by atoms with van der Waals surface area (Å²) in [5, 5.41) is 22.6. The molecule has 0 atom stereocenters. The van der Waals surface area contributed by atoms with Gasteiger partial charge in [-0.05, 0) is 20.3 Å². The molecule has 0 saturated carbocycles. The summed E-state index contributed by atoms with van der Waals surface area (Å²) in [6.45, 7) is 3.33. The molecule has 0 bridgehead atoms. The Kier molecular flexibility index (Phi) is 5.15. The van der Waals surface area contributed by atoms with Crippen molar-refractivity contribution in [2.75, 3.05) is 11.4 Å². The van der Waals surface area contributed by atoms with Gasteiger partial charge in [-0.2, -0.15) is 0 Å². The number of carbonyl (C=O) groups is 2. The summed E-state index contributed by atoms with van der Waals surface area (Å²) in [5.74, 6) is -1.13. The number of benzene rings is 1. The summed E-state index contributed by atoms with van der Waals surface area (Å²) in [6, 6.07) is 1.93. The van der Waals surface area contributed by atoms with E-state index in [1.54, 1.807) is 0 Å². The van der Waals surface area contributed by atoms with E-state index < -0.39 is 39.2 Å². The second kappa shape index (κ2) is 7.11. The number of hydrogen-bond donors (Lipinski definition) is 0. The Morgan fingerprint density at radius 2 is 1.76 bits per heavy atom. The monoisotopic (exact) mass is 353 g/mol. The van der Waals surface area contributed by atoms with Gasteiger partial charge in [-0.3, -0.25) is 25.0 Å². The summed E-state index contributed by atoms with van der Waals surface area (Å²) in [4.78, 5) is 45.4. The normalized spacial score (nSPS) is 13.9. The van der Waals surface area contributed by atoms with Crippen molar-refractivity contribution in [3.05, 3.63) is 32.4 Å². The maximum atomic E-state index is 11.8. The van der Waals surface area contributed by atoms with Crippen LogP contribution < -0.4 is 9.64 Å². The lowest BCUT2D eigenvalue weighted by Crippen LogP contribution is -2.24. The Morgan fingerprint density at radius 1 is 1.20 bits per heavy atom. The molecule has 0 radical (unpaired) electrons. The first kappa shape index (κ1) is 18.1. The Morgan fingerprint density at radius 3 is 2.16 bits per heavy atom. The van der Waals surface area contributed by atoms with Crippen LogP contribution >= 0.6 is 0 Å². The lowest BCUT2D eigenvalue weighted by atomic mass is 10.2. The fraction of sp³-hybridized carbons (Fsp3) is 0.429. The van der Waals surface area contributed by atoms with Crippen molar-refractivity contribution in [2.45, 2.75) is 32.8 Å². The van der Waals surface area contributed by atoms with E-state index in [0.29, 0.717) is 13.0 Å². The van der Waals surface area contributed by atoms with Crippen LogP contribution in [0.25, 0.3) is 0 Å². The molecule has 1 amide bonds. The maximum absolute atomic E-state index is 11.8. The van der Waals surface area contributed by atoms with Crippen molar-refractivity contribution in [2.24, 2.45) is 0 Å². The van der Waals surface area contributed by atoms with Crippen molar-refractivity contribution in [3.63, 3.8) is 0 Å². The van der Waals surface area contributed by atoms with E-state index in [1.165, 1.54) is 18.7 Å². The molecule has 11 nitrogen and oxygen atoms in total. The second-order valence-corrected chi connectivity index (χ2v) is 5.49. The van der Waals surface area contributed by atoms with Gasteiger partial charge >= 0.3 is 17.5 Å². The van der Waals surface area contributed by atoms with E-state index in [0.717, 1.165) is 12.1 Å². The molecule has 0 N–H and O–H groups in total. The molecular formula is C14H15N3O8. The number of amides is 1. The maximum Gasteiger partial charge on any atom is 0.514 e. The van der Waals surface area contributed by atoms with Gasteiger partial charge in [-0.1, -0.05) is 0 Å². The minimum Gasteiger partial charge on any atom is -0.431 e. The smallest absolute Gasteiger partial charge is 0.431 e. The number of nitro benzene ring substituents is 2. The van der Waals surface area contributed by atoms with Gasteiger partial charge in [-0.25, -0.2) is 4.79 Å². The predicted molar refractivity (Wildman–Crippen MR) is 83.6 cm³/mol. The highest BCUT2D eigenvalue weighted by Gasteiger charge is 2.34. The molecule has 134 valence electrons. The first-order chi connectivity index (χ1) is 11.7. The first-order valence-electron chi connectivity index (χ1n) is 7.36. The molecular weight excluding hydrogens is 338 g/mol. The molecule has 1 aliphatic rings. The third kappa shape index (κ3) is 4.00. The van der Waals surface area contributed by atoms with Gasteiger partial charge in [0.1, 0.15) is 0 Å². The summed E-state index contributed by atoms with van der Waals surface area (Å²) in [6.07, 6.45) is -1.08. The van der Waals surface area contributed by atoms with Crippen LogP contribution in [0, 0.1) is 20.2 Å². The predicted octanol–water partition coefficient (Wildman–Crippen LogP) is 2.55.